The molecule has 4 nitrogen and oxygen atoms in total. The lowest BCUT2D eigenvalue weighted by atomic mass is 10.2. The molecule has 0 aliphatic heterocycles. The molecule has 1 unspecified atom stereocenters. The molecule has 0 aliphatic carbocycles. The summed E-state index contributed by atoms with van der Waals surface area (Å²) < 4.78 is 15.6. The van der Waals surface area contributed by atoms with Gasteiger partial charge in [-0.15, -0.1) is 0 Å². The van der Waals surface area contributed by atoms with Crippen LogP contribution in [0.25, 0.3) is 0 Å². The molecule has 0 bridgehead atoms. The van der Waals surface area contributed by atoms with Gasteiger partial charge >= 0.3 is 5.97 Å². The van der Waals surface area contributed by atoms with Crippen LogP contribution in [-0.2, 0) is 9.53 Å². The Morgan fingerprint density at radius 3 is 2.35 bits per heavy atom. The van der Waals surface area contributed by atoms with Gasteiger partial charge in [-0.2, -0.15) is 0 Å². The van der Waals surface area contributed by atoms with Gasteiger partial charge in [0.15, 0.2) is 11.5 Å². The minimum atomic E-state index is -0.297. The number of esters is 1. The molecule has 0 radical (unpaired) electrons. The topological polar surface area (TPSA) is 44.8 Å². The summed E-state index contributed by atoms with van der Waals surface area (Å²) in [6.07, 6.45) is 0. The number of hydrogen-bond donors (Lipinski definition) is 0. The van der Waals surface area contributed by atoms with E-state index in [0.717, 1.165) is 0 Å². The minimum Gasteiger partial charge on any atom is -0.490 e. The summed E-state index contributed by atoms with van der Waals surface area (Å²) in [6, 6.07) is 7.39. The van der Waals surface area contributed by atoms with E-state index in [2.05, 4.69) is 4.74 Å². The predicted octanol–water partition coefficient (Wildman–Crippen LogP) is 2.27. The number of rotatable bonds is 6. The Kier molecular flexibility index (Phi) is 5.33. The van der Waals surface area contributed by atoms with Crippen molar-refractivity contribution in [2.24, 2.45) is 5.92 Å². The van der Waals surface area contributed by atoms with Crippen LogP contribution in [0.15, 0.2) is 24.3 Å². The molecule has 17 heavy (non-hydrogen) atoms. The van der Waals surface area contributed by atoms with Crippen molar-refractivity contribution in [2.75, 3.05) is 20.3 Å². The first-order valence-electron chi connectivity index (χ1n) is 5.61. The van der Waals surface area contributed by atoms with E-state index in [4.69, 9.17) is 9.47 Å². The van der Waals surface area contributed by atoms with Crippen molar-refractivity contribution in [1.29, 1.82) is 0 Å². The van der Waals surface area contributed by atoms with Crippen molar-refractivity contribution in [2.45, 2.75) is 13.8 Å². The fourth-order valence-corrected chi connectivity index (χ4v) is 1.33. The van der Waals surface area contributed by atoms with Crippen LogP contribution < -0.4 is 9.47 Å². The molecule has 4 heteroatoms. The van der Waals surface area contributed by atoms with E-state index in [1.165, 1.54) is 7.11 Å². The summed E-state index contributed by atoms with van der Waals surface area (Å²) in [6.45, 7) is 4.52. The van der Waals surface area contributed by atoms with Gasteiger partial charge in [-0.3, -0.25) is 4.79 Å². The van der Waals surface area contributed by atoms with Crippen LogP contribution >= 0.6 is 0 Å². The third-order valence-electron chi connectivity index (χ3n) is 2.24. The molecule has 0 aromatic heterocycles. The average Bonchev–Trinajstić information content (AvgIpc) is 2.36. The zero-order valence-electron chi connectivity index (χ0n) is 10.4. The summed E-state index contributed by atoms with van der Waals surface area (Å²) in [5.41, 5.74) is 0. The first-order valence-corrected chi connectivity index (χ1v) is 5.61. The SMILES string of the molecule is CCOc1ccccc1OCC(C)C(=O)OC. The lowest BCUT2D eigenvalue weighted by Crippen LogP contribution is -2.20. The highest BCUT2D eigenvalue weighted by Gasteiger charge is 2.14. The van der Waals surface area contributed by atoms with Gasteiger partial charge in [0.05, 0.1) is 19.6 Å². The lowest BCUT2D eigenvalue weighted by Gasteiger charge is -2.14. The van der Waals surface area contributed by atoms with Gasteiger partial charge in [-0.25, -0.2) is 0 Å². The van der Waals surface area contributed by atoms with E-state index in [-0.39, 0.29) is 18.5 Å². The Morgan fingerprint density at radius 1 is 1.24 bits per heavy atom. The Bertz CT molecular complexity index is 362. The molecule has 0 N–H and O–H groups in total. The zero-order valence-corrected chi connectivity index (χ0v) is 10.4. The molecule has 1 aromatic carbocycles. The number of methoxy groups -OCH3 is 1. The third kappa shape index (κ3) is 3.98. The van der Waals surface area contributed by atoms with Crippen molar-refractivity contribution < 1.29 is 19.0 Å². The number of ether oxygens (including phenoxy) is 3. The van der Waals surface area contributed by atoms with E-state index in [1.807, 2.05) is 31.2 Å². The van der Waals surface area contributed by atoms with E-state index in [0.29, 0.717) is 18.1 Å². The number of para-hydroxylation sites is 2. The fraction of sp³-hybridized carbons (Fsp3) is 0.462. The maximum atomic E-state index is 11.2. The van der Waals surface area contributed by atoms with Gasteiger partial charge in [0.25, 0.3) is 0 Å². The molecular formula is C13H18O4. The summed E-state index contributed by atoms with van der Waals surface area (Å²) >= 11 is 0. The summed E-state index contributed by atoms with van der Waals surface area (Å²) in [5.74, 6) is 0.755. The van der Waals surface area contributed by atoms with E-state index >= 15 is 0 Å². The first-order chi connectivity index (χ1) is 8.19. The molecule has 1 atom stereocenters. The quantitative estimate of drug-likeness (QED) is 0.713. The molecule has 0 saturated carbocycles. The Hall–Kier alpha value is -1.71. The Balaban J connectivity index is 2.59. The van der Waals surface area contributed by atoms with Crippen LogP contribution in [0.4, 0.5) is 0 Å². The Labute approximate surface area is 101 Å². The van der Waals surface area contributed by atoms with Crippen LogP contribution in [0.3, 0.4) is 0 Å². The summed E-state index contributed by atoms with van der Waals surface area (Å²) in [5, 5.41) is 0. The van der Waals surface area contributed by atoms with Crippen LogP contribution in [0.1, 0.15) is 13.8 Å². The average molecular weight is 238 g/mol. The standard InChI is InChI=1S/C13H18O4/c1-4-16-11-7-5-6-8-12(11)17-9-10(2)13(14)15-3/h5-8,10H,4,9H2,1-3H3. The molecule has 0 saturated heterocycles. The summed E-state index contributed by atoms with van der Waals surface area (Å²) in [4.78, 5) is 11.2. The van der Waals surface area contributed by atoms with E-state index in [9.17, 15) is 4.79 Å². The third-order valence-corrected chi connectivity index (χ3v) is 2.24. The van der Waals surface area contributed by atoms with Gasteiger partial charge in [0.2, 0.25) is 0 Å². The predicted molar refractivity (Wildman–Crippen MR) is 64.3 cm³/mol. The highest BCUT2D eigenvalue weighted by Crippen LogP contribution is 2.26. The fourth-order valence-electron chi connectivity index (χ4n) is 1.33. The maximum Gasteiger partial charge on any atom is 0.311 e. The van der Waals surface area contributed by atoms with Crippen molar-refractivity contribution in [3.63, 3.8) is 0 Å². The van der Waals surface area contributed by atoms with E-state index < -0.39 is 0 Å². The van der Waals surface area contributed by atoms with Crippen LogP contribution in [0, 0.1) is 5.92 Å². The monoisotopic (exact) mass is 238 g/mol. The normalized spacial score (nSPS) is 11.7. The smallest absolute Gasteiger partial charge is 0.311 e. The molecule has 1 aromatic rings. The number of benzene rings is 1. The second kappa shape index (κ2) is 6.78. The summed E-state index contributed by atoms with van der Waals surface area (Å²) in [7, 11) is 1.37. The number of carbonyl (C=O) groups excluding carboxylic acids is 1. The first kappa shape index (κ1) is 13.4. The van der Waals surface area contributed by atoms with Gasteiger partial charge in [0.1, 0.15) is 6.61 Å². The molecular weight excluding hydrogens is 220 g/mol. The highest BCUT2D eigenvalue weighted by atomic mass is 16.5. The van der Waals surface area contributed by atoms with Gasteiger partial charge in [0, 0.05) is 0 Å². The number of carbonyl (C=O) groups is 1. The second-order valence-corrected chi connectivity index (χ2v) is 3.61. The minimum absolute atomic E-state index is 0.275. The van der Waals surface area contributed by atoms with Crippen LogP contribution in [0.2, 0.25) is 0 Å². The van der Waals surface area contributed by atoms with E-state index in [1.54, 1.807) is 6.92 Å². The molecule has 0 spiro atoms. The molecule has 0 heterocycles. The van der Waals surface area contributed by atoms with Gasteiger partial charge in [-0.1, -0.05) is 12.1 Å². The van der Waals surface area contributed by atoms with Gasteiger partial charge < -0.3 is 14.2 Å². The second-order valence-electron chi connectivity index (χ2n) is 3.61. The van der Waals surface area contributed by atoms with Crippen LogP contribution in [-0.4, -0.2) is 26.3 Å². The van der Waals surface area contributed by atoms with Crippen molar-refractivity contribution in [3.05, 3.63) is 24.3 Å². The molecule has 1 rings (SSSR count). The molecule has 0 amide bonds. The Morgan fingerprint density at radius 2 is 1.82 bits per heavy atom. The molecule has 0 fully saturated rings. The number of hydrogen-bond acceptors (Lipinski definition) is 4. The molecule has 94 valence electrons. The van der Waals surface area contributed by atoms with Gasteiger partial charge in [-0.05, 0) is 26.0 Å². The maximum absolute atomic E-state index is 11.2. The van der Waals surface area contributed by atoms with Crippen molar-refractivity contribution in [3.8, 4) is 11.5 Å². The van der Waals surface area contributed by atoms with Crippen molar-refractivity contribution in [1.82, 2.24) is 0 Å². The van der Waals surface area contributed by atoms with Crippen molar-refractivity contribution >= 4 is 5.97 Å². The lowest BCUT2D eigenvalue weighted by molar-refractivity contribution is -0.145. The largest absolute Gasteiger partial charge is 0.490 e. The van der Waals surface area contributed by atoms with Crippen LogP contribution in [0.5, 0.6) is 11.5 Å². The molecule has 0 aliphatic rings. The highest BCUT2D eigenvalue weighted by molar-refractivity contribution is 5.71. The zero-order chi connectivity index (χ0) is 12.7.